The highest BCUT2D eigenvalue weighted by atomic mass is 35.5. The summed E-state index contributed by atoms with van der Waals surface area (Å²) in [6.07, 6.45) is -0.281. The van der Waals surface area contributed by atoms with Crippen molar-refractivity contribution in [3.05, 3.63) is 75.8 Å². The minimum absolute atomic E-state index is 0.0887. The summed E-state index contributed by atoms with van der Waals surface area (Å²) < 4.78 is 11.2. The van der Waals surface area contributed by atoms with Gasteiger partial charge in [-0.3, -0.25) is 10.1 Å². The van der Waals surface area contributed by atoms with Crippen molar-refractivity contribution in [2.45, 2.75) is 26.4 Å². The molecular weight excluding hydrogens is 498 g/mol. The van der Waals surface area contributed by atoms with E-state index in [9.17, 15) is 14.9 Å². The highest BCUT2D eigenvalue weighted by molar-refractivity contribution is 6.31. The lowest BCUT2D eigenvalue weighted by Crippen LogP contribution is -2.50. The Balaban J connectivity index is 1.37. The Hall–Kier alpha value is -4.05. The number of rotatable bonds is 6. The third-order valence-corrected chi connectivity index (χ3v) is 5.78. The molecule has 194 valence electrons. The van der Waals surface area contributed by atoms with Crippen LogP contribution in [0.1, 0.15) is 20.8 Å². The Morgan fingerprint density at radius 1 is 1.05 bits per heavy atom. The monoisotopic (exact) mass is 525 g/mol. The molecule has 1 N–H and O–H groups in total. The lowest BCUT2D eigenvalue weighted by atomic mass is 10.2. The van der Waals surface area contributed by atoms with Crippen LogP contribution in [0.15, 0.2) is 60.7 Å². The summed E-state index contributed by atoms with van der Waals surface area (Å²) in [6, 6.07) is 17.0. The minimum atomic E-state index is -0.509. The molecule has 0 unspecified atom stereocenters. The molecule has 4 rings (SSSR count). The number of pyridine rings is 1. The van der Waals surface area contributed by atoms with Gasteiger partial charge >= 0.3 is 6.09 Å². The first kappa shape index (κ1) is 26.0. The molecule has 0 spiro atoms. The van der Waals surface area contributed by atoms with Gasteiger partial charge in [-0.25, -0.2) is 4.79 Å². The zero-order valence-corrected chi connectivity index (χ0v) is 21.6. The van der Waals surface area contributed by atoms with E-state index in [2.05, 4.69) is 15.2 Å². The third-order valence-electron chi connectivity index (χ3n) is 5.49. The van der Waals surface area contributed by atoms with Gasteiger partial charge in [0.1, 0.15) is 22.2 Å². The molecule has 0 radical (unpaired) electrons. The van der Waals surface area contributed by atoms with Crippen molar-refractivity contribution >= 4 is 40.6 Å². The van der Waals surface area contributed by atoms with E-state index in [4.69, 9.17) is 21.1 Å². The topological polar surface area (TPSA) is 110 Å². The summed E-state index contributed by atoms with van der Waals surface area (Å²) in [5.41, 5.74) is 1.26. The normalized spacial score (nSPS) is 13.7. The van der Waals surface area contributed by atoms with Crippen molar-refractivity contribution in [2.75, 3.05) is 36.4 Å². The highest BCUT2D eigenvalue weighted by Crippen LogP contribution is 2.31. The Morgan fingerprint density at radius 2 is 1.76 bits per heavy atom. The van der Waals surface area contributed by atoms with E-state index in [1.54, 1.807) is 23.1 Å². The Kier molecular flexibility index (Phi) is 7.68. The van der Waals surface area contributed by atoms with Crippen LogP contribution in [0.5, 0.6) is 11.6 Å². The number of carbonyl (C=O) groups is 1. The molecule has 0 saturated carbocycles. The maximum atomic E-state index is 12.3. The van der Waals surface area contributed by atoms with Crippen LogP contribution < -0.4 is 15.0 Å². The fourth-order valence-electron chi connectivity index (χ4n) is 3.71. The van der Waals surface area contributed by atoms with E-state index in [0.29, 0.717) is 32.0 Å². The van der Waals surface area contributed by atoms with Gasteiger partial charge in [0.25, 0.3) is 5.69 Å². The van der Waals surface area contributed by atoms with Gasteiger partial charge in [0.2, 0.25) is 5.88 Å². The van der Waals surface area contributed by atoms with Crippen LogP contribution in [0.3, 0.4) is 0 Å². The summed E-state index contributed by atoms with van der Waals surface area (Å²) in [6.45, 7) is 8.20. The lowest BCUT2D eigenvalue weighted by Gasteiger charge is -2.36. The Bertz CT molecular complexity index is 1270. The van der Waals surface area contributed by atoms with Gasteiger partial charge in [0.15, 0.2) is 0 Å². The smallest absolute Gasteiger partial charge is 0.410 e. The average Bonchev–Trinajstić information content (AvgIpc) is 2.86. The maximum absolute atomic E-state index is 12.3. The molecule has 0 aliphatic carbocycles. The number of nitrogens with one attached hydrogen (secondary N) is 1. The van der Waals surface area contributed by atoms with E-state index in [-0.39, 0.29) is 28.4 Å². The highest BCUT2D eigenvalue weighted by Gasteiger charge is 2.26. The zero-order chi connectivity index (χ0) is 26.6. The molecule has 2 aromatic carbocycles. The fraction of sp³-hybridized carbons (Fsp3) is 0.308. The third kappa shape index (κ3) is 7.01. The van der Waals surface area contributed by atoms with Crippen molar-refractivity contribution < 1.29 is 19.2 Å². The molecule has 37 heavy (non-hydrogen) atoms. The van der Waals surface area contributed by atoms with E-state index in [1.807, 2.05) is 45.0 Å². The van der Waals surface area contributed by atoms with Crippen LogP contribution in [-0.2, 0) is 4.74 Å². The number of carbonyl (C=O) groups excluding carboxylic acids is 1. The Morgan fingerprint density at radius 3 is 2.41 bits per heavy atom. The first-order valence-electron chi connectivity index (χ1n) is 11.8. The van der Waals surface area contributed by atoms with Crippen molar-refractivity contribution in [3.63, 3.8) is 0 Å². The summed E-state index contributed by atoms with van der Waals surface area (Å²) in [5, 5.41) is 14.5. The van der Waals surface area contributed by atoms with E-state index < -0.39 is 10.5 Å². The van der Waals surface area contributed by atoms with Gasteiger partial charge in [0, 0.05) is 43.6 Å². The SMILES string of the molecule is CC(C)(C)OC(=O)N1CCN(c2ccc(Nc3ccc(Cl)c(Oc4cccc([N+](=O)[O-])c4)n3)cc2)CC1. The van der Waals surface area contributed by atoms with E-state index in [0.717, 1.165) is 11.4 Å². The van der Waals surface area contributed by atoms with E-state index >= 15 is 0 Å². The van der Waals surface area contributed by atoms with Gasteiger partial charge in [-0.05, 0) is 63.2 Å². The number of aromatic nitrogens is 1. The van der Waals surface area contributed by atoms with Gasteiger partial charge in [-0.15, -0.1) is 0 Å². The second-order valence-corrected chi connectivity index (χ2v) is 9.87. The summed E-state index contributed by atoms with van der Waals surface area (Å²) >= 11 is 6.23. The molecule has 2 heterocycles. The number of hydrogen-bond acceptors (Lipinski definition) is 8. The number of benzene rings is 2. The molecule has 1 amide bonds. The molecule has 1 fully saturated rings. The minimum Gasteiger partial charge on any atom is -0.444 e. The van der Waals surface area contributed by atoms with E-state index in [1.165, 1.54) is 18.2 Å². The van der Waals surface area contributed by atoms with Gasteiger partial charge in [-0.1, -0.05) is 17.7 Å². The van der Waals surface area contributed by atoms with Crippen molar-refractivity contribution in [1.29, 1.82) is 0 Å². The molecule has 0 atom stereocenters. The van der Waals surface area contributed by atoms with Crippen LogP contribution in [0.4, 0.5) is 27.7 Å². The molecule has 0 bridgehead atoms. The average molecular weight is 526 g/mol. The second kappa shape index (κ2) is 10.9. The second-order valence-electron chi connectivity index (χ2n) is 9.47. The van der Waals surface area contributed by atoms with Crippen LogP contribution in [0.25, 0.3) is 0 Å². The quantitative estimate of drug-likeness (QED) is 0.297. The number of ether oxygens (including phenoxy) is 2. The predicted octanol–water partition coefficient (Wildman–Crippen LogP) is 6.24. The van der Waals surface area contributed by atoms with Crippen LogP contribution in [0, 0.1) is 10.1 Å². The first-order valence-corrected chi connectivity index (χ1v) is 12.1. The van der Waals surface area contributed by atoms with Crippen molar-refractivity contribution in [3.8, 4) is 11.6 Å². The fourth-order valence-corrected chi connectivity index (χ4v) is 3.86. The summed E-state index contributed by atoms with van der Waals surface area (Å²) in [4.78, 5) is 31.2. The predicted molar refractivity (Wildman–Crippen MR) is 142 cm³/mol. The number of amides is 1. The standard InChI is InChI=1S/C26H28ClN5O5/c1-26(2,3)37-25(33)31-15-13-30(14-16-31)19-9-7-18(8-10-19)28-23-12-11-22(27)24(29-23)36-21-6-4-5-20(17-21)32(34)35/h4-12,17H,13-16H2,1-3H3,(H,28,29). The number of hydrogen-bond donors (Lipinski definition) is 1. The summed E-state index contributed by atoms with van der Waals surface area (Å²) in [7, 11) is 0. The number of nitrogens with zero attached hydrogens (tertiary/aromatic N) is 4. The lowest BCUT2D eigenvalue weighted by molar-refractivity contribution is -0.384. The van der Waals surface area contributed by atoms with Crippen LogP contribution in [0.2, 0.25) is 5.02 Å². The van der Waals surface area contributed by atoms with Gasteiger partial charge in [0.05, 0.1) is 11.0 Å². The van der Waals surface area contributed by atoms with Crippen LogP contribution >= 0.6 is 11.6 Å². The number of nitro groups is 1. The molecular formula is C26H28ClN5O5. The molecule has 3 aromatic rings. The van der Waals surface area contributed by atoms with Crippen molar-refractivity contribution in [2.24, 2.45) is 0 Å². The number of anilines is 3. The largest absolute Gasteiger partial charge is 0.444 e. The molecule has 1 aliphatic rings. The first-order chi connectivity index (χ1) is 17.6. The van der Waals surface area contributed by atoms with Crippen molar-refractivity contribution in [1.82, 2.24) is 9.88 Å². The Labute approximate surface area is 219 Å². The summed E-state index contributed by atoms with van der Waals surface area (Å²) in [5.74, 6) is 0.895. The zero-order valence-electron chi connectivity index (χ0n) is 20.8. The maximum Gasteiger partial charge on any atom is 0.410 e. The molecule has 1 saturated heterocycles. The molecule has 1 aromatic heterocycles. The molecule has 1 aliphatic heterocycles. The number of non-ortho nitro benzene ring substituents is 1. The number of halogens is 1. The van der Waals surface area contributed by atoms with Gasteiger partial charge in [-0.2, -0.15) is 4.98 Å². The molecule has 10 nitrogen and oxygen atoms in total. The van der Waals surface area contributed by atoms with Crippen LogP contribution in [-0.4, -0.2) is 52.7 Å². The molecule has 11 heteroatoms. The van der Waals surface area contributed by atoms with Gasteiger partial charge < -0.3 is 24.6 Å². The number of nitro benzene ring substituents is 1. The number of piperazine rings is 1.